The molecule has 1 aromatic heterocycles. The molecule has 2 heterocycles. The molecule has 1 fully saturated rings. The number of nitrogens with one attached hydrogen (secondary N) is 1. The van der Waals surface area contributed by atoms with Crippen LogP contribution >= 0.6 is 34.7 Å². The van der Waals surface area contributed by atoms with Gasteiger partial charge >= 0.3 is 0 Å². The molecule has 0 radical (unpaired) electrons. The number of hydrogen-bond donors (Lipinski definition) is 1. The summed E-state index contributed by atoms with van der Waals surface area (Å²) in [6.45, 7) is 3.46. The van der Waals surface area contributed by atoms with E-state index in [0.717, 1.165) is 32.7 Å². The molecule has 2 aromatic rings. The van der Waals surface area contributed by atoms with Gasteiger partial charge in [-0.3, -0.25) is 19.3 Å². The number of imide groups is 1. The standard InChI is InChI=1S/C18H15ClN2O3S2/c1-10-3-4-12(7-13(10)19)20-16(22)9-21-17(23)15(26-18(21)24)8-14-11(2)5-6-25-14/h3-8H,9H2,1-2H3,(H,20,22)/b15-8+. The first-order chi connectivity index (χ1) is 12.3. The first-order valence-electron chi connectivity index (χ1n) is 7.70. The van der Waals surface area contributed by atoms with Gasteiger partial charge in [0, 0.05) is 15.6 Å². The molecular weight excluding hydrogens is 392 g/mol. The lowest BCUT2D eigenvalue weighted by atomic mass is 10.2. The van der Waals surface area contributed by atoms with Crippen LogP contribution in [0.15, 0.2) is 34.6 Å². The van der Waals surface area contributed by atoms with E-state index < -0.39 is 17.1 Å². The Kier molecular flexibility index (Phi) is 5.50. The first kappa shape index (κ1) is 18.7. The van der Waals surface area contributed by atoms with Gasteiger partial charge in [-0.15, -0.1) is 11.3 Å². The van der Waals surface area contributed by atoms with Crippen molar-refractivity contribution in [2.45, 2.75) is 13.8 Å². The number of amides is 3. The molecule has 3 rings (SSSR count). The van der Waals surface area contributed by atoms with E-state index in [2.05, 4.69) is 5.32 Å². The summed E-state index contributed by atoms with van der Waals surface area (Å²) in [6, 6.07) is 7.07. The second-order valence-corrected chi connectivity index (χ2v) is 8.10. The van der Waals surface area contributed by atoms with Gasteiger partial charge in [0.25, 0.3) is 11.1 Å². The van der Waals surface area contributed by atoms with Crippen molar-refractivity contribution in [3.8, 4) is 0 Å². The molecule has 8 heteroatoms. The summed E-state index contributed by atoms with van der Waals surface area (Å²) in [6.07, 6.45) is 1.70. The van der Waals surface area contributed by atoms with E-state index in [0.29, 0.717) is 15.6 Å². The van der Waals surface area contributed by atoms with E-state index in [4.69, 9.17) is 11.6 Å². The van der Waals surface area contributed by atoms with Crippen molar-refractivity contribution in [3.05, 3.63) is 55.6 Å². The highest BCUT2D eigenvalue weighted by Crippen LogP contribution is 2.33. The van der Waals surface area contributed by atoms with Crippen molar-refractivity contribution in [1.29, 1.82) is 0 Å². The number of nitrogens with zero attached hydrogens (tertiary/aromatic N) is 1. The lowest BCUT2D eigenvalue weighted by Crippen LogP contribution is -2.36. The third-order valence-electron chi connectivity index (χ3n) is 3.79. The summed E-state index contributed by atoms with van der Waals surface area (Å²) in [4.78, 5) is 39.0. The van der Waals surface area contributed by atoms with Crippen molar-refractivity contribution < 1.29 is 14.4 Å². The van der Waals surface area contributed by atoms with E-state index in [1.807, 2.05) is 25.3 Å². The van der Waals surface area contributed by atoms with Crippen LogP contribution in [0.5, 0.6) is 0 Å². The zero-order chi connectivity index (χ0) is 18.8. The van der Waals surface area contributed by atoms with Gasteiger partial charge in [-0.05, 0) is 66.4 Å². The van der Waals surface area contributed by atoms with E-state index >= 15 is 0 Å². The SMILES string of the molecule is Cc1ccc(NC(=O)CN2C(=O)S/C(=C/c3sccc3C)C2=O)cc1Cl. The van der Waals surface area contributed by atoms with Gasteiger partial charge in [-0.25, -0.2) is 0 Å². The third kappa shape index (κ3) is 4.00. The van der Waals surface area contributed by atoms with E-state index in [9.17, 15) is 14.4 Å². The molecule has 0 atom stereocenters. The topological polar surface area (TPSA) is 66.5 Å². The second-order valence-electron chi connectivity index (χ2n) is 5.75. The Morgan fingerprint density at radius 1 is 1.23 bits per heavy atom. The summed E-state index contributed by atoms with van der Waals surface area (Å²) >= 11 is 8.37. The number of aryl methyl sites for hydroxylation is 2. The molecule has 1 aliphatic rings. The van der Waals surface area contributed by atoms with Crippen LogP contribution in [0.4, 0.5) is 10.5 Å². The molecule has 0 aliphatic carbocycles. The quantitative estimate of drug-likeness (QED) is 0.748. The molecule has 5 nitrogen and oxygen atoms in total. The van der Waals surface area contributed by atoms with E-state index in [1.54, 1.807) is 24.3 Å². The van der Waals surface area contributed by atoms with Crippen molar-refractivity contribution >= 4 is 63.5 Å². The van der Waals surface area contributed by atoms with Gasteiger partial charge in [0.1, 0.15) is 6.54 Å². The van der Waals surface area contributed by atoms with Crippen LogP contribution in [0.25, 0.3) is 6.08 Å². The van der Waals surface area contributed by atoms with Gasteiger partial charge in [0.2, 0.25) is 5.91 Å². The van der Waals surface area contributed by atoms with Gasteiger partial charge < -0.3 is 5.32 Å². The third-order valence-corrected chi connectivity index (χ3v) is 6.08. The maximum absolute atomic E-state index is 12.5. The number of halogens is 1. The Morgan fingerprint density at radius 2 is 2.00 bits per heavy atom. The minimum Gasteiger partial charge on any atom is -0.324 e. The number of thioether (sulfide) groups is 1. The van der Waals surface area contributed by atoms with Crippen molar-refractivity contribution in [2.75, 3.05) is 11.9 Å². The van der Waals surface area contributed by atoms with Crippen LogP contribution in [0, 0.1) is 13.8 Å². The molecule has 1 N–H and O–H groups in total. The molecule has 3 amide bonds. The van der Waals surface area contributed by atoms with Gasteiger partial charge in [0.05, 0.1) is 4.91 Å². The highest BCUT2D eigenvalue weighted by atomic mass is 35.5. The molecule has 26 heavy (non-hydrogen) atoms. The Labute approximate surface area is 164 Å². The molecular formula is C18H15ClN2O3S2. The van der Waals surface area contributed by atoms with Gasteiger partial charge in [-0.2, -0.15) is 0 Å². The monoisotopic (exact) mass is 406 g/mol. The summed E-state index contributed by atoms with van der Waals surface area (Å²) in [5.74, 6) is -0.911. The van der Waals surface area contributed by atoms with E-state index in [-0.39, 0.29) is 6.54 Å². The van der Waals surface area contributed by atoms with Crippen LogP contribution in [0.2, 0.25) is 5.02 Å². The average molecular weight is 407 g/mol. The number of carbonyl (C=O) groups excluding carboxylic acids is 3. The number of carbonyl (C=O) groups is 3. The summed E-state index contributed by atoms with van der Waals surface area (Å²) in [5, 5.41) is 4.65. The molecule has 134 valence electrons. The molecule has 1 saturated heterocycles. The van der Waals surface area contributed by atoms with Crippen LogP contribution in [0.1, 0.15) is 16.0 Å². The van der Waals surface area contributed by atoms with Gasteiger partial charge in [0.15, 0.2) is 0 Å². The number of benzene rings is 1. The van der Waals surface area contributed by atoms with Crippen LogP contribution in [0.3, 0.4) is 0 Å². The number of hydrogen-bond acceptors (Lipinski definition) is 5. The molecule has 1 aromatic carbocycles. The number of anilines is 1. The molecule has 0 saturated carbocycles. The normalized spacial score (nSPS) is 15.8. The Balaban J connectivity index is 1.69. The van der Waals surface area contributed by atoms with Gasteiger partial charge in [-0.1, -0.05) is 17.7 Å². The highest BCUT2D eigenvalue weighted by Gasteiger charge is 2.36. The largest absolute Gasteiger partial charge is 0.324 e. The molecule has 1 aliphatic heterocycles. The Morgan fingerprint density at radius 3 is 2.65 bits per heavy atom. The van der Waals surface area contributed by atoms with Crippen molar-refractivity contribution in [1.82, 2.24) is 4.90 Å². The first-order valence-corrected chi connectivity index (χ1v) is 9.78. The predicted octanol–water partition coefficient (Wildman–Crippen LogP) is 4.69. The molecule has 0 unspecified atom stereocenters. The summed E-state index contributed by atoms with van der Waals surface area (Å²) < 4.78 is 0. The molecule has 0 bridgehead atoms. The van der Waals surface area contributed by atoms with E-state index in [1.165, 1.54) is 11.3 Å². The lowest BCUT2D eigenvalue weighted by Gasteiger charge is -2.12. The Hall–Kier alpha value is -2.09. The fourth-order valence-corrected chi connectivity index (χ4v) is 4.24. The van der Waals surface area contributed by atoms with Crippen molar-refractivity contribution in [3.63, 3.8) is 0 Å². The average Bonchev–Trinajstić information content (AvgIpc) is 3.10. The fraction of sp³-hybridized carbons (Fsp3) is 0.167. The zero-order valence-corrected chi connectivity index (χ0v) is 16.4. The minimum atomic E-state index is -0.458. The van der Waals surface area contributed by atoms with Crippen LogP contribution in [-0.4, -0.2) is 28.5 Å². The maximum atomic E-state index is 12.5. The van der Waals surface area contributed by atoms with Crippen LogP contribution < -0.4 is 5.32 Å². The van der Waals surface area contributed by atoms with Crippen LogP contribution in [-0.2, 0) is 9.59 Å². The summed E-state index contributed by atoms with van der Waals surface area (Å²) in [5.41, 5.74) is 2.45. The maximum Gasteiger partial charge on any atom is 0.294 e. The fourth-order valence-electron chi connectivity index (χ4n) is 2.30. The minimum absolute atomic E-state index is 0.326. The lowest BCUT2D eigenvalue weighted by molar-refractivity contribution is -0.127. The molecule has 0 spiro atoms. The summed E-state index contributed by atoms with van der Waals surface area (Å²) in [7, 11) is 0. The number of thiophene rings is 1. The Bertz CT molecular complexity index is 936. The smallest absolute Gasteiger partial charge is 0.294 e. The highest BCUT2D eigenvalue weighted by molar-refractivity contribution is 8.18. The predicted molar refractivity (Wildman–Crippen MR) is 107 cm³/mol. The zero-order valence-electron chi connectivity index (χ0n) is 14.0. The second kappa shape index (κ2) is 7.65. The van der Waals surface area contributed by atoms with Crippen molar-refractivity contribution in [2.24, 2.45) is 0 Å². The number of rotatable bonds is 4.